The number of hydrogen-bond donors (Lipinski definition) is 1. The lowest BCUT2D eigenvalue weighted by atomic mass is 10.1. The molecule has 0 aromatic heterocycles. The summed E-state index contributed by atoms with van der Waals surface area (Å²) >= 11 is 3.34. The van der Waals surface area contributed by atoms with E-state index >= 15 is 0 Å². The molecule has 2 aromatic rings. The highest BCUT2D eigenvalue weighted by molar-refractivity contribution is 9.10. The normalized spacial score (nSPS) is 10.4. The monoisotopic (exact) mass is 305 g/mol. The van der Waals surface area contributed by atoms with E-state index in [0.29, 0.717) is 12.3 Å². The second-order valence-corrected chi connectivity index (χ2v) is 5.30. The fourth-order valence-electron chi connectivity index (χ4n) is 1.90. The molecule has 18 heavy (non-hydrogen) atoms. The number of phenols is 1. The molecule has 0 amide bonds. The van der Waals surface area contributed by atoms with Gasteiger partial charge in [0.05, 0.1) is 4.47 Å². The molecule has 1 N–H and O–H groups in total. The lowest BCUT2D eigenvalue weighted by molar-refractivity contribution is 0.464. The van der Waals surface area contributed by atoms with Crippen LogP contribution in [0.4, 0.5) is 5.69 Å². The van der Waals surface area contributed by atoms with E-state index in [1.807, 2.05) is 31.3 Å². The van der Waals surface area contributed by atoms with Gasteiger partial charge >= 0.3 is 0 Å². The molecule has 2 nitrogen and oxygen atoms in total. The van der Waals surface area contributed by atoms with Gasteiger partial charge in [0.15, 0.2) is 0 Å². The summed E-state index contributed by atoms with van der Waals surface area (Å²) in [4.78, 5) is 2.12. The molecule has 0 aliphatic rings. The number of aromatic hydroxyl groups is 1. The van der Waals surface area contributed by atoms with Gasteiger partial charge in [0.2, 0.25) is 0 Å². The summed E-state index contributed by atoms with van der Waals surface area (Å²) in [7, 11) is 2.02. The van der Waals surface area contributed by atoms with Gasteiger partial charge < -0.3 is 10.0 Å². The minimum Gasteiger partial charge on any atom is -0.506 e. The first-order chi connectivity index (χ1) is 8.58. The first kappa shape index (κ1) is 13.0. The van der Waals surface area contributed by atoms with E-state index in [1.54, 1.807) is 0 Å². The quantitative estimate of drug-likeness (QED) is 0.923. The van der Waals surface area contributed by atoms with Gasteiger partial charge in [0.1, 0.15) is 5.75 Å². The van der Waals surface area contributed by atoms with Crippen LogP contribution in [0.15, 0.2) is 46.9 Å². The van der Waals surface area contributed by atoms with Crippen molar-refractivity contribution in [1.82, 2.24) is 0 Å². The predicted molar refractivity (Wildman–Crippen MR) is 79.1 cm³/mol. The number of phenolic OH excluding ortho intramolecular Hbond substituents is 1. The smallest absolute Gasteiger partial charge is 0.134 e. The van der Waals surface area contributed by atoms with Crippen LogP contribution in [0.3, 0.4) is 0 Å². The topological polar surface area (TPSA) is 23.5 Å². The highest BCUT2D eigenvalue weighted by atomic mass is 79.9. The van der Waals surface area contributed by atoms with Crippen molar-refractivity contribution in [2.45, 2.75) is 13.5 Å². The molecule has 0 radical (unpaired) electrons. The highest BCUT2D eigenvalue weighted by Gasteiger charge is 2.08. The van der Waals surface area contributed by atoms with Gasteiger partial charge in [-0.2, -0.15) is 0 Å². The molecule has 0 bridgehead atoms. The Hall–Kier alpha value is -1.48. The van der Waals surface area contributed by atoms with Gasteiger partial charge in [0, 0.05) is 24.8 Å². The molecule has 0 saturated heterocycles. The molecular formula is C15H16BrNO. The number of halogens is 1. The number of nitrogens with zero attached hydrogens (tertiary/aromatic N) is 1. The maximum Gasteiger partial charge on any atom is 0.134 e. The fourth-order valence-corrected chi connectivity index (χ4v) is 2.31. The number of aryl methyl sites for hydroxylation is 1. The van der Waals surface area contributed by atoms with E-state index in [9.17, 15) is 5.11 Å². The van der Waals surface area contributed by atoms with Crippen LogP contribution in [0.25, 0.3) is 0 Å². The van der Waals surface area contributed by atoms with Crippen LogP contribution in [-0.4, -0.2) is 12.2 Å². The summed E-state index contributed by atoms with van der Waals surface area (Å²) < 4.78 is 0.734. The van der Waals surface area contributed by atoms with Crippen molar-refractivity contribution < 1.29 is 5.11 Å². The highest BCUT2D eigenvalue weighted by Crippen LogP contribution is 2.29. The Morgan fingerprint density at radius 1 is 1.17 bits per heavy atom. The summed E-state index contributed by atoms with van der Waals surface area (Å²) in [5, 5.41) is 9.97. The van der Waals surface area contributed by atoms with Crippen molar-refractivity contribution in [3.05, 3.63) is 58.1 Å². The van der Waals surface area contributed by atoms with Crippen LogP contribution in [0, 0.1) is 6.92 Å². The van der Waals surface area contributed by atoms with Crippen molar-refractivity contribution in [3.63, 3.8) is 0 Å². The molecule has 0 unspecified atom stereocenters. The van der Waals surface area contributed by atoms with Crippen LogP contribution in [0.1, 0.15) is 11.1 Å². The number of para-hydroxylation sites is 1. The zero-order valence-electron chi connectivity index (χ0n) is 10.5. The number of rotatable bonds is 3. The Balaban J connectivity index is 2.21. The standard InChI is InChI=1S/C15H16BrNO/c1-11-5-3-7-13(9-11)17(2)10-12-6-4-8-14(16)15(12)18/h3-9,18H,10H2,1-2H3. The molecule has 0 aliphatic carbocycles. The summed E-state index contributed by atoms with van der Waals surface area (Å²) in [6.07, 6.45) is 0. The van der Waals surface area contributed by atoms with Gasteiger partial charge in [-0.1, -0.05) is 24.3 Å². The van der Waals surface area contributed by atoms with E-state index in [2.05, 4.69) is 46.0 Å². The maximum absolute atomic E-state index is 9.97. The number of benzene rings is 2. The molecule has 2 aromatic carbocycles. The molecule has 0 saturated carbocycles. The molecule has 0 atom stereocenters. The van der Waals surface area contributed by atoms with Crippen molar-refractivity contribution >= 4 is 21.6 Å². The Bertz CT molecular complexity index is 554. The summed E-state index contributed by atoms with van der Waals surface area (Å²) in [6, 6.07) is 14.0. The number of anilines is 1. The lowest BCUT2D eigenvalue weighted by Gasteiger charge is -2.20. The Labute approximate surface area is 116 Å². The van der Waals surface area contributed by atoms with E-state index in [1.165, 1.54) is 5.56 Å². The molecule has 94 valence electrons. The largest absolute Gasteiger partial charge is 0.506 e. The zero-order valence-corrected chi connectivity index (χ0v) is 12.1. The third kappa shape index (κ3) is 2.85. The van der Waals surface area contributed by atoms with Gasteiger partial charge in [-0.25, -0.2) is 0 Å². The Morgan fingerprint density at radius 2 is 1.89 bits per heavy atom. The second kappa shape index (κ2) is 5.44. The molecule has 3 heteroatoms. The average Bonchev–Trinajstić information content (AvgIpc) is 2.35. The molecule has 2 rings (SSSR count). The van der Waals surface area contributed by atoms with Crippen LogP contribution < -0.4 is 4.90 Å². The molecular weight excluding hydrogens is 290 g/mol. The molecule has 0 aliphatic heterocycles. The summed E-state index contributed by atoms with van der Waals surface area (Å²) in [5.41, 5.74) is 3.29. The van der Waals surface area contributed by atoms with E-state index in [-0.39, 0.29) is 0 Å². The van der Waals surface area contributed by atoms with E-state index in [0.717, 1.165) is 15.7 Å². The van der Waals surface area contributed by atoms with Crippen LogP contribution in [-0.2, 0) is 6.54 Å². The SMILES string of the molecule is Cc1cccc(N(C)Cc2cccc(Br)c2O)c1. The summed E-state index contributed by atoms with van der Waals surface area (Å²) in [6.45, 7) is 2.75. The van der Waals surface area contributed by atoms with Crippen molar-refractivity contribution in [2.24, 2.45) is 0 Å². The van der Waals surface area contributed by atoms with E-state index in [4.69, 9.17) is 0 Å². The molecule has 0 fully saturated rings. The third-order valence-electron chi connectivity index (χ3n) is 2.92. The molecule has 0 heterocycles. The minimum absolute atomic E-state index is 0.317. The predicted octanol–water partition coefficient (Wildman–Crippen LogP) is 4.10. The fraction of sp³-hybridized carbons (Fsp3) is 0.200. The first-order valence-electron chi connectivity index (χ1n) is 5.82. The van der Waals surface area contributed by atoms with Crippen molar-refractivity contribution in [3.8, 4) is 5.75 Å². The van der Waals surface area contributed by atoms with Gasteiger partial charge in [-0.05, 0) is 46.6 Å². The van der Waals surface area contributed by atoms with Gasteiger partial charge in [0.25, 0.3) is 0 Å². The first-order valence-corrected chi connectivity index (χ1v) is 6.61. The minimum atomic E-state index is 0.317. The lowest BCUT2D eigenvalue weighted by Crippen LogP contribution is -2.16. The third-order valence-corrected chi connectivity index (χ3v) is 3.56. The van der Waals surface area contributed by atoms with Crippen LogP contribution in [0.2, 0.25) is 0 Å². The van der Waals surface area contributed by atoms with Crippen molar-refractivity contribution in [1.29, 1.82) is 0 Å². The number of hydrogen-bond acceptors (Lipinski definition) is 2. The van der Waals surface area contributed by atoms with Gasteiger partial charge in [-0.3, -0.25) is 0 Å². The Morgan fingerprint density at radius 3 is 2.61 bits per heavy atom. The van der Waals surface area contributed by atoms with Crippen molar-refractivity contribution in [2.75, 3.05) is 11.9 Å². The van der Waals surface area contributed by atoms with Gasteiger partial charge in [-0.15, -0.1) is 0 Å². The van der Waals surface area contributed by atoms with Crippen LogP contribution >= 0.6 is 15.9 Å². The summed E-state index contributed by atoms with van der Waals surface area (Å²) in [5.74, 6) is 0.317. The average molecular weight is 306 g/mol. The Kier molecular flexibility index (Phi) is 3.92. The second-order valence-electron chi connectivity index (χ2n) is 4.44. The maximum atomic E-state index is 9.97. The molecule has 0 spiro atoms. The van der Waals surface area contributed by atoms with Crippen LogP contribution in [0.5, 0.6) is 5.75 Å². The van der Waals surface area contributed by atoms with E-state index < -0.39 is 0 Å². The zero-order chi connectivity index (χ0) is 13.1.